The number of rotatable bonds is 3. The summed E-state index contributed by atoms with van der Waals surface area (Å²) < 4.78 is 10.7. The molecule has 4 heteroatoms. The third-order valence-electron chi connectivity index (χ3n) is 2.51. The van der Waals surface area contributed by atoms with E-state index in [-0.39, 0.29) is 0 Å². The lowest BCUT2D eigenvalue weighted by atomic mass is 10.1. The highest BCUT2D eigenvalue weighted by molar-refractivity contribution is 7.80. The molecular formula is C11H15NO2S. The number of ether oxygens (including phenoxy) is 2. The Morgan fingerprint density at radius 1 is 1.33 bits per heavy atom. The highest BCUT2D eigenvalue weighted by atomic mass is 32.1. The van der Waals surface area contributed by atoms with Crippen LogP contribution in [0.5, 0.6) is 11.5 Å². The number of benzene rings is 1. The molecule has 0 N–H and O–H groups in total. The molecule has 0 radical (unpaired) electrons. The maximum absolute atomic E-state index is 5.35. The first-order chi connectivity index (χ1) is 7.20. The fourth-order valence-corrected chi connectivity index (χ4v) is 1.70. The van der Waals surface area contributed by atoms with Gasteiger partial charge in [-0.25, -0.2) is 0 Å². The summed E-state index contributed by atoms with van der Waals surface area (Å²) in [4.78, 5) is 2.13. The van der Waals surface area contributed by atoms with Gasteiger partial charge in [0.2, 0.25) is 6.79 Å². The summed E-state index contributed by atoms with van der Waals surface area (Å²) in [6, 6.07) is 4.08. The van der Waals surface area contributed by atoms with Crippen molar-refractivity contribution in [3.63, 3.8) is 0 Å². The van der Waals surface area contributed by atoms with Crippen molar-refractivity contribution in [1.82, 2.24) is 4.90 Å². The molecule has 3 nitrogen and oxygen atoms in total. The van der Waals surface area contributed by atoms with Crippen molar-refractivity contribution >= 4 is 12.6 Å². The van der Waals surface area contributed by atoms with Crippen molar-refractivity contribution < 1.29 is 9.47 Å². The van der Waals surface area contributed by atoms with Crippen LogP contribution in [0.15, 0.2) is 12.1 Å². The third kappa shape index (κ3) is 2.21. The number of nitrogens with zero attached hydrogens (tertiary/aromatic N) is 1. The van der Waals surface area contributed by atoms with Crippen LogP contribution in [0, 0.1) is 6.92 Å². The van der Waals surface area contributed by atoms with Crippen LogP contribution in [0.1, 0.15) is 11.1 Å². The summed E-state index contributed by atoms with van der Waals surface area (Å²) >= 11 is 4.23. The van der Waals surface area contributed by atoms with E-state index in [0.717, 1.165) is 23.9 Å². The molecule has 0 spiro atoms. The molecule has 0 unspecified atom stereocenters. The van der Waals surface area contributed by atoms with Gasteiger partial charge in [0, 0.05) is 12.4 Å². The highest BCUT2D eigenvalue weighted by Crippen LogP contribution is 2.34. The monoisotopic (exact) mass is 225 g/mol. The van der Waals surface area contributed by atoms with Gasteiger partial charge in [0.15, 0.2) is 11.5 Å². The van der Waals surface area contributed by atoms with Crippen LogP contribution in [0.3, 0.4) is 0 Å². The lowest BCUT2D eigenvalue weighted by Crippen LogP contribution is -2.16. The topological polar surface area (TPSA) is 21.7 Å². The lowest BCUT2D eigenvalue weighted by molar-refractivity contribution is 0.174. The standard InChI is InChI=1S/C11H15NO2S/c1-8-3-10-11(14-7-13-10)4-9(8)5-12(2)6-15/h3-4,15H,5-7H2,1-2H3. The van der Waals surface area contributed by atoms with E-state index in [1.165, 1.54) is 11.1 Å². The summed E-state index contributed by atoms with van der Waals surface area (Å²) in [7, 11) is 2.04. The molecule has 0 saturated heterocycles. The van der Waals surface area contributed by atoms with Gasteiger partial charge in [-0.15, -0.1) is 0 Å². The van der Waals surface area contributed by atoms with Gasteiger partial charge in [-0.3, -0.25) is 4.90 Å². The normalized spacial score (nSPS) is 13.6. The first kappa shape index (κ1) is 10.6. The van der Waals surface area contributed by atoms with Gasteiger partial charge in [-0.2, -0.15) is 12.6 Å². The molecule has 0 saturated carbocycles. The molecule has 82 valence electrons. The van der Waals surface area contributed by atoms with Crippen molar-refractivity contribution in [3.8, 4) is 11.5 Å². The Morgan fingerprint density at radius 3 is 2.67 bits per heavy atom. The third-order valence-corrected chi connectivity index (χ3v) is 3.00. The van der Waals surface area contributed by atoms with Gasteiger partial charge in [-0.1, -0.05) is 0 Å². The molecule has 1 aliphatic rings. The Morgan fingerprint density at radius 2 is 2.00 bits per heavy atom. The fraction of sp³-hybridized carbons (Fsp3) is 0.455. The summed E-state index contributed by atoms with van der Waals surface area (Å²) in [6.07, 6.45) is 0. The van der Waals surface area contributed by atoms with Crippen LogP contribution in [0.2, 0.25) is 0 Å². The quantitative estimate of drug-likeness (QED) is 0.628. The van der Waals surface area contributed by atoms with Crippen molar-refractivity contribution in [2.45, 2.75) is 13.5 Å². The molecule has 1 heterocycles. The summed E-state index contributed by atoms with van der Waals surface area (Å²) in [6.45, 7) is 3.30. The molecule has 0 fully saturated rings. The zero-order valence-electron chi connectivity index (χ0n) is 8.99. The minimum Gasteiger partial charge on any atom is -0.454 e. The zero-order valence-corrected chi connectivity index (χ0v) is 9.88. The van der Waals surface area contributed by atoms with Crippen molar-refractivity contribution in [3.05, 3.63) is 23.3 Å². The Labute approximate surface area is 95.4 Å². The second kappa shape index (κ2) is 4.33. The van der Waals surface area contributed by atoms with Crippen molar-refractivity contribution in [1.29, 1.82) is 0 Å². The van der Waals surface area contributed by atoms with Gasteiger partial charge >= 0.3 is 0 Å². The average Bonchev–Trinajstić information content (AvgIpc) is 2.65. The van der Waals surface area contributed by atoms with Gasteiger partial charge in [0.05, 0.1) is 0 Å². The maximum Gasteiger partial charge on any atom is 0.231 e. The summed E-state index contributed by atoms with van der Waals surface area (Å²) in [5.41, 5.74) is 2.49. The number of fused-ring (bicyclic) bond motifs is 1. The summed E-state index contributed by atoms with van der Waals surface area (Å²) in [5.74, 6) is 2.45. The first-order valence-electron chi connectivity index (χ1n) is 4.89. The van der Waals surface area contributed by atoms with Crippen LogP contribution >= 0.6 is 12.6 Å². The van der Waals surface area contributed by atoms with Gasteiger partial charge in [0.25, 0.3) is 0 Å². The fourth-order valence-electron chi connectivity index (χ4n) is 1.60. The molecule has 0 amide bonds. The zero-order chi connectivity index (χ0) is 10.8. The van der Waals surface area contributed by atoms with E-state index in [9.17, 15) is 0 Å². The maximum atomic E-state index is 5.35. The summed E-state index contributed by atoms with van der Waals surface area (Å²) in [5, 5.41) is 0. The molecule has 0 atom stereocenters. The largest absolute Gasteiger partial charge is 0.454 e. The van der Waals surface area contributed by atoms with E-state index in [1.54, 1.807) is 0 Å². The molecule has 0 aliphatic carbocycles. The van der Waals surface area contributed by atoms with E-state index < -0.39 is 0 Å². The number of hydrogen-bond donors (Lipinski definition) is 1. The Balaban J connectivity index is 2.24. The smallest absolute Gasteiger partial charge is 0.231 e. The molecule has 1 aromatic rings. The molecule has 1 aliphatic heterocycles. The molecular weight excluding hydrogens is 210 g/mol. The van der Waals surface area contributed by atoms with Crippen LogP contribution < -0.4 is 9.47 Å². The van der Waals surface area contributed by atoms with E-state index in [0.29, 0.717) is 6.79 Å². The molecule has 2 rings (SSSR count). The highest BCUT2D eigenvalue weighted by Gasteiger charge is 2.15. The van der Waals surface area contributed by atoms with Crippen LogP contribution in [-0.2, 0) is 6.54 Å². The molecule has 0 aromatic heterocycles. The number of aryl methyl sites for hydroxylation is 1. The molecule has 15 heavy (non-hydrogen) atoms. The van der Waals surface area contributed by atoms with Crippen LogP contribution in [0.25, 0.3) is 0 Å². The van der Waals surface area contributed by atoms with Gasteiger partial charge < -0.3 is 9.47 Å². The first-order valence-corrected chi connectivity index (χ1v) is 5.52. The lowest BCUT2D eigenvalue weighted by Gasteiger charge is -2.15. The predicted octanol–water partition coefficient (Wildman–Crippen LogP) is 2.04. The SMILES string of the molecule is Cc1cc2c(cc1CN(C)CS)OCO2. The second-order valence-electron chi connectivity index (χ2n) is 3.79. The second-order valence-corrected chi connectivity index (χ2v) is 4.07. The van der Waals surface area contributed by atoms with E-state index in [4.69, 9.17) is 9.47 Å². The van der Waals surface area contributed by atoms with E-state index >= 15 is 0 Å². The van der Waals surface area contributed by atoms with E-state index in [1.807, 2.05) is 13.1 Å². The molecule has 1 aromatic carbocycles. The van der Waals surface area contributed by atoms with Crippen LogP contribution in [-0.4, -0.2) is 24.6 Å². The Bertz CT molecular complexity index is 368. The minimum absolute atomic E-state index is 0.334. The minimum atomic E-state index is 0.334. The Hall–Kier alpha value is -0.870. The van der Waals surface area contributed by atoms with Crippen molar-refractivity contribution in [2.24, 2.45) is 0 Å². The van der Waals surface area contributed by atoms with Crippen molar-refractivity contribution in [2.75, 3.05) is 19.7 Å². The van der Waals surface area contributed by atoms with Gasteiger partial charge in [-0.05, 0) is 37.2 Å². The molecule has 0 bridgehead atoms. The van der Waals surface area contributed by atoms with Crippen LogP contribution in [0.4, 0.5) is 0 Å². The number of thiol groups is 1. The number of hydrogen-bond acceptors (Lipinski definition) is 4. The Kier molecular flexibility index (Phi) is 3.07. The predicted molar refractivity (Wildman–Crippen MR) is 62.6 cm³/mol. The van der Waals surface area contributed by atoms with Gasteiger partial charge in [0.1, 0.15) is 0 Å². The van der Waals surface area contributed by atoms with E-state index in [2.05, 4.69) is 30.5 Å². The average molecular weight is 225 g/mol.